The average Bonchev–Trinajstić information content (AvgIpc) is 3.79. The lowest BCUT2D eigenvalue weighted by Gasteiger charge is -2.50. The summed E-state index contributed by atoms with van der Waals surface area (Å²) in [5.41, 5.74) is 7.52. The number of amides is 1. The predicted octanol–water partition coefficient (Wildman–Crippen LogP) is 6.88. The molecule has 77 heavy (non-hydrogen) atoms. The van der Waals surface area contributed by atoms with Crippen molar-refractivity contribution in [3.8, 4) is 5.75 Å². The number of quaternary nitrogens is 1. The lowest BCUT2D eigenvalue weighted by atomic mass is 9.68. The standard InChI is InChI=1S/C36H56N3O4S.C16H15F6N5O.CH4O3S/c1-5-7-17-36(18-8-6-2)28-44(41,42)33-16-13-30(37(3)4)27-32(33)34(35(36)40)29-11-14-31(15-12-29)43-26-10-9-22-39-23-19-38(20-24-39)21-25-39;17-10-6-12(19)11(18)4-8(10)3-9(23)5-14(28)26-1-2-27-13(7-26)24-25-15(27)16(20,21)22;1-5(2,3)4/h11-16,27,34-35,40H,5-10,17-26,28H2,1-4H3;4,6,9H,1-3,5,7,23H2;1H3,(H,2,3,4)/q+1;;/p-1/t34-,35-;9-;/m11./s1. The number of nitrogens with zero attached hydrogens (tertiary/aromatic N) is 7. The summed E-state index contributed by atoms with van der Waals surface area (Å²) >= 11 is 0. The normalized spacial score (nSPS) is 21.8. The Morgan fingerprint density at radius 1 is 0.909 bits per heavy atom. The van der Waals surface area contributed by atoms with Crippen LogP contribution in [0.1, 0.15) is 106 Å². The van der Waals surface area contributed by atoms with E-state index in [9.17, 15) is 44.7 Å². The van der Waals surface area contributed by atoms with Crippen LogP contribution in [0.2, 0.25) is 0 Å². The van der Waals surface area contributed by atoms with Gasteiger partial charge in [-0.15, -0.1) is 10.2 Å². The first-order chi connectivity index (χ1) is 36.2. The van der Waals surface area contributed by atoms with Gasteiger partial charge in [-0.3, -0.25) is 9.69 Å². The van der Waals surface area contributed by atoms with Crippen LogP contribution >= 0.6 is 0 Å². The van der Waals surface area contributed by atoms with Crippen molar-refractivity contribution >= 4 is 31.5 Å². The van der Waals surface area contributed by atoms with Gasteiger partial charge in [-0.25, -0.2) is 30.0 Å². The number of aliphatic hydroxyl groups excluding tert-OH is 1. The minimum atomic E-state index is -4.64. The van der Waals surface area contributed by atoms with E-state index in [2.05, 4.69) is 28.9 Å². The van der Waals surface area contributed by atoms with Crippen molar-refractivity contribution in [1.82, 2.24) is 24.6 Å². The van der Waals surface area contributed by atoms with Crippen molar-refractivity contribution in [1.29, 1.82) is 0 Å². The summed E-state index contributed by atoms with van der Waals surface area (Å²) in [6.07, 6.45) is 2.04. The second-order valence-electron chi connectivity index (χ2n) is 21.2. The van der Waals surface area contributed by atoms with E-state index in [1.54, 1.807) is 6.07 Å². The Balaban J connectivity index is 0.000000249. The molecule has 0 aliphatic carbocycles. The zero-order valence-electron chi connectivity index (χ0n) is 44.6. The van der Waals surface area contributed by atoms with E-state index < -0.39 is 78.8 Å². The highest BCUT2D eigenvalue weighted by Crippen LogP contribution is 2.50. The highest BCUT2D eigenvalue weighted by atomic mass is 32.2. The summed E-state index contributed by atoms with van der Waals surface area (Å²) in [5, 5.41) is 19.0. The Kier molecular flexibility index (Phi) is 20.7. The Bertz CT molecular complexity index is 2820. The number of piperazine rings is 3. The first-order valence-corrected chi connectivity index (χ1v) is 29.7. The molecule has 0 unspecified atom stereocenters. The van der Waals surface area contributed by atoms with Crippen LogP contribution in [0.3, 0.4) is 0 Å². The number of anilines is 1. The van der Waals surface area contributed by atoms with Gasteiger partial charge >= 0.3 is 6.18 Å². The molecular weight excluding hydrogens is 1050 g/mol. The van der Waals surface area contributed by atoms with Crippen LogP contribution in [0.15, 0.2) is 59.5 Å². The van der Waals surface area contributed by atoms with Gasteiger partial charge in [-0.2, -0.15) is 13.2 Å². The van der Waals surface area contributed by atoms with E-state index in [0.29, 0.717) is 48.3 Å². The number of nitrogens with two attached hydrogens (primary N) is 1. The third kappa shape index (κ3) is 16.1. The number of alkyl halides is 3. The van der Waals surface area contributed by atoms with Gasteiger partial charge in [0.05, 0.1) is 66.2 Å². The summed E-state index contributed by atoms with van der Waals surface area (Å²) in [7, 11) is -3.59. The molecule has 4 aromatic rings. The third-order valence-corrected chi connectivity index (χ3v) is 17.2. The summed E-state index contributed by atoms with van der Waals surface area (Å²) in [6.45, 7) is 13.6. The number of hydrogen-bond donors (Lipinski definition) is 2. The minimum Gasteiger partial charge on any atom is -0.748 e. The van der Waals surface area contributed by atoms with Crippen molar-refractivity contribution in [2.24, 2.45) is 11.1 Å². The van der Waals surface area contributed by atoms with E-state index in [1.165, 1.54) is 61.6 Å². The number of halogens is 6. The van der Waals surface area contributed by atoms with E-state index >= 15 is 0 Å². The summed E-state index contributed by atoms with van der Waals surface area (Å²) in [5.74, 6) is -4.77. The number of sulfone groups is 1. The highest BCUT2D eigenvalue weighted by molar-refractivity contribution is 7.91. The van der Waals surface area contributed by atoms with Crippen LogP contribution < -0.4 is 15.4 Å². The minimum absolute atomic E-state index is 0.000783. The number of benzene rings is 3. The molecule has 3 fully saturated rings. The average molecular weight is 1130 g/mol. The molecule has 6 heterocycles. The Labute approximate surface area is 448 Å². The fraction of sp³-hybridized carbons (Fsp3) is 0.604. The zero-order chi connectivity index (χ0) is 56.5. The van der Waals surface area contributed by atoms with Crippen molar-refractivity contribution in [2.45, 2.75) is 120 Å². The molecule has 5 aliphatic heterocycles. The monoisotopic (exact) mass is 1130 g/mol. The largest absolute Gasteiger partial charge is 0.748 e. The predicted molar refractivity (Wildman–Crippen MR) is 278 cm³/mol. The molecule has 428 valence electrons. The topological polar surface area (TPSA) is 204 Å². The molecule has 1 aromatic heterocycles. The molecule has 3 atom stereocenters. The summed E-state index contributed by atoms with van der Waals surface area (Å²) in [4.78, 5) is 18.6. The number of unbranched alkanes of at least 4 members (excludes halogenated alkanes) is 3. The number of aromatic nitrogens is 3. The lowest BCUT2D eigenvalue weighted by Crippen LogP contribution is -2.67. The maximum atomic E-state index is 14.1. The number of ether oxygens (including phenoxy) is 1. The van der Waals surface area contributed by atoms with Crippen molar-refractivity contribution in [3.63, 3.8) is 0 Å². The third-order valence-electron chi connectivity index (χ3n) is 15.2. The number of rotatable bonds is 18. The molecule has 2 bridgehead atoms. The molecule has 3 saturated heterocycles. The van der Waals surface area contributed by atoms with Crippen LogP contribution in [0, 0.1) is 22.9 Å². The van der Waals surface area contributed by atoms with Gasteiger partial charge in [0.1, 0.15) is 11.6 Å². The fourth-order valence-electron chi connectivity index (χ4n) is 11.0. The van der Waals surface area contributed by atoms with Crippen LogP contribution in [0.4, 0.5) is 32.0 Å². The molecule has 3 N–H and O–H groups in total. The highest BCUT2D eigenvalue weighted by Gasteiger charge is 2.50. The maximum absolute atomic E-state index is 14.1. The second-order valence-corrected chi connectivity index (χ2v) is 24.6. The fourth-order valence-corrected chi connectivity index (χ4v) is 13.2. The van der Waals surface area contributed by atoms with Gasteiger partial charge in [-0.1, -0.05) is 51.7 Å². The Morgan fingerprint density at radius 3 is 2.10 bits per heavy atom. The Hall–Kier alpha value is -4.85. The molecule has 0 saturated carbocycles. The lowest BCUT2D eigenvalue weighted by molar-refractivity contribution is -0.941. The molecule has 24 heteroatoms. The van der Waals surface area contributed by atoms with Gasteiger partial charge in [0.25, 0.3) is 0 Å². The number of hydrogen-bond acceptors (Lipinski definition) is 13. The summed E-state index contributed by atoms with van der Waals surface area (Å²) < 4.78 is 142. The van der Waals surface area contributed by atoms with E-state index in [1.807, 2.05) is 55.4 Å². The number of fused-ring (bicyclic) bond motifs is 5. The molecule has 0 radical (unpaired) electrons. The van der Waals surface area contributed by atoms with Crippen LogP contribution in [0.25, 0.3) is 0 Å². The van der Waals surface area contributed by atoms with Crippen molar-refractivity contribution in [3.05, 3.63) is 100 Å². The van der Waals surface area contributed by atoms with Gasteiger partial charge in [0, 0.05) is 88.6 Å². The van der Waals surface area contributed by atoms with E-state index in [4.69, 9.17) is 23.4 Å². The quantitative estimate of drug-likeness (QED) is 0.0343. The number of carbonyl (C=O) groups is 1. The Morgan fingerprint density at radius 2 is 1.52 bits per heavy atom. The molecule has 3 aromatic carbocycles. The van der Waals surface area contributed by atoms with E-state index in [0.717, 1.165) is 53.7 Å². The zero-order valence-corrected chi connectivity index (χ0v) is 46.2. The molecule has 5 aliphatic rings. The second kappa shape index (κ2) is 26.0. The first-order valence-electron chi connectivity index (χ1n) is 26.3. The van der Waals surface area contributed by atoms with Gasteiger partial charge in [0.15, 0.2) is 27.3 Å². The van der Waals surface area contributed by atoms with Crippen LogP contribution in [-0.2, 0) is 50.4 Å². The maximum Gasteiger partial charge on any atom is 0.451 e. The SMILES string of the molecule is CCCCC1(CCCC)CS(=O)(=O)c2ccc(N(C)C)cc2[C@@H](c2ccc(OCCCC[N+]34CCN(CC3)CC4)cc2)[C@H]1O.CS(=O)(=O)[O-].N[C@@H](CC(=O)N1CCn2c(nnc2C(F)(F)F)C1)Cc1cc(F)c(F)cc1F. The molecule has 1 amide bonds. The van der Waals surface area contributed by atoms with Gasteiger partial charge in [0.2, 0.25) is 11.7 Å². The number of aliphatic hydroxyl groups is 1. The van der Waals surface area contributed by atoms with E-state index in [-0.39, 0.29) is 49.6 Å². The van der Waals surface area contributed by atoms with Crippen molar-refractivity contribution in [2.75, 3.05) is 90.0 Å². The van der Waals surface area contributed by atoms with Gasteiger partial charge < -0.3 is 39.0 Å². The van der Waals surface area contributed by atoms with Crippen molar-refractivity contribution < 1.29 is 66.9 Å². The molecule has 9 rings (SSSR count). The molecule has 16 nitrogen and oxygen atoms in total. The number of carbonyl (C=O) groups excluding carboxylic acids is 1. The molecule has 0 spiro atoms. The van der Waals surface area contributed by atoms with Crippen LogP contribution in [0.5, 0.6) is 5.75 Å². The molecular formula is C53H74F6N8O8S2. The first kappa shape index (κ1) is 61.4. The van der Waals surface area contributed by atoms with Crippen LogP contribution in [-0.4, -0.2) is 159 Å². The van der Waals surface area contributed by atoms with Gasteiger partial charge in [-0.05, 0) is 85.2 Å². The smallest absolute Gasteiger partial charge is 0.451 e. The summed E-state index contributed by atoms with van der Waals surface area (Å²) in [6, 6.07) is 13.9.